The highest BCUT2D eigenvalue weighted by Gasteiger charge is 1.80. The van der Waals surface area contributed by atoms with E-state index in [1.54, 1.807) is 0 Å². The minimum Gasteiger partial charge on any atom is -0.486 e. The van der Waals surface area contributed by atoms with Gasteiger partial charge in [-0.05, 0) is 17.7 Å². The molecule has 2 nitrogen and oxygen atoms in total. The van der Waals surface area contributed by atoms with Crippen molar-refractivity contribution in [3.63, 3.8) is 0 Å². The van der Waals surface area contributed by atoms with Crippen LogP contribution in [0.4, 0.5) is 0 Å². The highest BCUT2D eigenvalue weighted by molar-refractivity contribution is 6.28. The molecule has 0 saturated heterocycles. The van der Waals surface area contributed by atoms with E-state index in [2.05, 4.69) is 4.74 Å². The molecule has 0 aliphatic rings. The second-order valence-corrected chi connectivity index (χ2v) is 1.27. The van der Waals surface area contributed by atoms with Crippen LogP contribution >= 0.6 is 11.6 Å². The first-order valence-electron chi connectivity index (χ1n) is 1.81. The van der Waals surface area contributed by atoms with Gasteiger partial charge in [-0.2, -0.15) is 0 Å². The van der Waals surface area contributed by atoms with Gasteiger partial charge in [0.2, 0.25) is 0 Å². The molecule has 0 saturated carbocycles. The van der Waals surface area contributed by atoms with Gasteiger partial charge in [0, 0.05) is 0 Å². The maximum absolute atomic E-state index is 8.13. The summed E-state index contributed by atoms with van der Waals surface area (Å²) in [5.74, 6) is 0. The largest absolute Gasteiger partial charge is 0.486 e. The van der Waals surface area contributed by atoms with Gasteiger partial charge < -0.3 is 9.84 Å². The van der Waals surface area contributed by atoms with E-state index in [0.717, 1.165) is 0 Å². The van der Waals surface area contributed by atoms with Crippen molar-refractivity contribution in [3.8, 4) is 0 Å². The summed E-state index contributed by atoms with van der Waals surface area (Å²) >= 11 is 5.24. The van der Waals surface area contributed by atoms with E-state index in [1.165, 1.54) is 13.2 Å². The number of rotatable bonds is 2. The maximum Gasteiger partial charge on any atom is 0.184 e. The van der Waals surface area contributed by atoms with Crippen LogP contribution in [0.2, 0.25) is 0 Å². The van der Waals surface area contributed by atoms with Crippen molar-refractivity contribution in [2.75, 3.05) is 13.7 Å². The molecule has 0 rings (SSSR count). The van der Waals surface area contributed by atoms with Crippen molar-refractivity contribution >= 4 is 11.6 Å². The van der Waals surface area contributed by atoms with E-state index < -0.39 is 0 Å². The summed E-state index contributed by atoms with van der Waals surface area (Å²) in [7, 11) is 1.44. The molecular formula is C4H7ClO2. The van der Waals surface area contributed by atoms with Gasteiger partial charge in [-0.3, -0.25) is 0 Å². The lowest BCUT2D eigenvalue weighted by Crippen LogP contribution is -1.78. The van der Waals surface area contributed by atoms with E-state index in [1.807, 2.05) is 0 Å². The van der Waals surface area contributed by atoms with Crippen LogP contribution in [-0.2, 0) is 4.74 Å². The number of aliphatic hydroxyl groups is 1. The van der Waals surface area contributed by atoms with Crippen molar-refractivity contribution in [1.29, 1.82) is 0 Å². The van der Waals surface area contributed by atoms with E-state index >= 15 is 0 Å². The van der Waals surface area contributed by atoms with Crippen molar-refractivity contribution < 1.29 is 9.84 Å². The Balaban J connectivity index is 3.29. The first-order chi connectivity index (χ1) is 3.31. The third kappa shape index (κ3) is 3.62. The molecule has 0 bridgehead atoms. The van der Waals surface area contributed by atoms with Crippen LogP contribution in [0.3, 0.4) is 0 Å². The zero-order valence-corrected chi connectivity index (χ0v) is 4.77. The molecule has 0 aliphatic carbocycles. The SMILES string of the molecule is COC(Cl)=CCO. The molecule has 0 aliphatic heterocycles. The number of hydrogen-bond acceptors (Lipinski definition) is 2. The third-order valence-electron chi connectivity index (χ3n) is 0.447. The Morgan fingerprint density at radius 3 is 2.71 bits per heavy atom. The molecule has 0 fully saturated rings. The molecule has 0 amide bonds. The molecule has 1 N–H and O–H groups in total. The number of aliphatic hydroxyl groups excluding tert-OH is 1. The lowest BCUT2D eigenvalue weighted by molar-refractivity contribution is 0.302. The first kappa shape index (κ1) is 6.79. The van der Waals surface area contributed by atoms with Crippen molar-refractivity contribution in [3.05, 3.63) is 11.3 Å². The van der Waals surface area contributed by atoms with Crippen LogP contribution in [0.1, 0.15) is 0 Å². The molecule has 3 heteroatoms. The summed E-state index contributed by atoms with van der Waals surface area (Å²) in [5.41, 5.74) is 0. The molecule has 0 spiro atoms. The van der Waals surface area contributed by atoms with Crippen LogP contribution < -0.4 is 0 Å². The van der Waals surface area contributed by atoms with Gasteiger partial charge in [-0.25, -0.2) is 0 Å². The summed E-state index contributed by atoms with van der Waals surface area (Å²) in [5, 5.41) is 8.35. The van der Waals surface area contributed by atoms with E-state index in [-0.39, 0.29) is 11.8 Å². The second kappa shape index (κ2) is 3.96. The Morgan fingerprint density at radius 2 is 2.57 bits per heavy atom. The molecule has 0 radical (unpaired) electrons. The van der Waals surface area contributed by atoms with E-state index in [0.29, 0.717) is 0 Å². The fourth-order valence-corrected chi connectivity index (χ4v) is 0.224. The molecule has 0 aromatic rings. The predicted octanol–water partition coefficient (Wildman–Crippen LogP) is 0.705. The van der Waals surface area contributed by atoms with Gasteiger partial charge in [0.1, 0.15) is 0 Å². The fraction of sp³-hybridized carbons (Fsp3) is 0.500. The van der Waals surface area contributed by atoms with Crippen LogP contribution in [0, 0.1) is 0 Å². The Labute approximate surface area is 47.4 Å². The highest BCUT2D eigenvalue weighted by atomic mass is 35.5. The van der Waals surface area contributed by atoms with Crippen molar-refractivity contribution in [1.82, 2.24) is 0 Å². The number of ether oxygens (including phenoxy) is 1. The standard InChI is InChI=1S/C4H7ClO2/c1-7-4(5)2-3-6/h2,6H,3H2,1H3. The molecule has 0 aromatic carbocycles. The molecule has 0 aromatic heterocycles. The lowest BCUT2D eigenvalue weighted by atomic mass is 10.7. The normalized spacial score (nSPS) is 11.6. The summed E-state index contributed by atoms with van der Waals surface area (Å²) in [6, 6.07) is 0. The average Bonchev–Trinajstić information content (AvgIpc) is 1.68. The van der Waals surface area contributed by atoms with Crippen LogP contribution in [0.5, 0.6) is 0 Å². The Kier molecular flexibility index (Phi) is 3.84. The lowest BCUT2D eigenvalue weighted by Gasteiger charge is -1.90. The summed E-state index contributed by atoms with van der Waals surface area (Å²) in [4.78, 5) is 0. The van der Waals surface area contributed by atoms with Gasteiger partial charge >= 0.3 is 0 Å². The molecule has 7 heavy (non-hydrogen) atoms. The van der Waals surface area contributed by atoms with Gasteiger partial charge in [0.25, 0.3) is 0 Å². The Bertz CT molecular complexity index is 70.1. The van der Waals surface area contributed by atoms with Crippen LogP contribution in [-0.4, -0.2) is 18.8 Å². The second-order valence-electron chi connectivity index (χ2n) is 0.895. The van der Waals surface area contributed by atoms with Gasteiger partial charge in [-0.1, -0.05) is 0 Å². The zero-order chi connectivity index (χ0) is 5.70. The first-order valence-corrected chi connectivity index (χ1v) is 2.19. The molecule has 42 valence electrons. The maximum atomic E-state index is 8.13. The number of hydrogen-bond donors (Lipinski definition) is 1. The topological polar surface area (TPSA) is 29.5 Å². The summed E-state index contributed by atoms with van der Waals surface area (Å²) < 4.78 is 4.46. The van der Waals surface area contributed by atoms with Crippen molar-refractivity contribution in [2.45, 2.75) is 0 Å². The van der Waals surface area contributed by atoms with Gasteiger partial charge in [-0.15, -0.1) is 0 Å². The average molecular weight is 123 g/mol. The van der Waals surface area contributed by atoms with Crippen LogP contribution in [0.25, 0.3) is 0 Å². The molecule has 0 atom stereocenters. The fourth-order valence-electron chi connectivity index (χ4n) is 0.155. The van der Waals surface area contributed by atoms with E-state index in [4.69, 9.17) is 16.7 Å². The van der Waals surface area contributed by atoms with Gasteiger partial charge in [0.15, 0.2) is 5.22 Å². The minimum atomic E-state index is -0.0767. The van der Waals surface area contributed by atoms with Crippen LogP contribution in [0.15, 0.2) is 11.3 Å². The third-order valence-corrected chi connectivity index (χ3v) is 0.755. The minimum absolute atomic E-state index is 0.0767. The Morgan fingerprint density at radius 1 is 2.00 bits per heavy atom. The molecular weight excluding hydrogens is 115 g/mol. The summed E-state index contributed by atoms with van der Waals surface area (Å²) in [6.45, 7) is -0.0767. The monoisotopic (exact) mass is 122 g/mol. The number of methoxy groups -OCH3 is 1. The summed E-state index contributed by atoms with van der Waals surface area (Å²) in [6.07, 6.45) is 1.36. The smallest absolute Gasteiger partial charge is 0.184 e. The van der Waals surface area contributed by atoms with Crippen molar-refractivity contribution in [2.24, 2.45) is 0 Å². The van der Waals surface area contributed by atoms with E-state index in [9.17, 15) is 0 Å². The zero-order valence-electron chi connectivity index (χ0n) is 4.02. The predicted molar refractivity (Wildman–Crippen MR) is 28.0 cm³/mol. The van der Waals surface area contributed by atoms with Gasteiger partial charge in [0.05, 0.1) is 13.7 Å². The quantitative estimate of drug-likeness (QED) is 0.547. The number of halogens is 1. The molecule has 0 heterocycles. The highest BCUT2D eigenvalue weighted by Crippen LogP contribution is 1.97. The molecule has 0 unspecified atom stereocenters. The Hall–Kier alpha value is -0.210.